The van der Waals surface area contributed by atoms with Crippen molar-refractivity contribution in [2.75, 3.05) is 5.32 Å². The summed E-state index contributed by atoms with van der Waals surface area (Å²) in [6.45, 7) is 1.44. The van der Waals surface area contributed by atoms with E-state index in [1.165, 1.54) is 19.1 Å². The summed E-state index contributed by atoms with van der Waals surface area (Å²) in [4.78, 5) is 28.1. The summed E-state index contributed by atoms with van der Waals surface area (Å²) in [5, 5.41) is 5.66. The quantitative estimate of drug-likeness (QED) is 0.690. The Morgan fingerprint density at radius 1 is 1.11 bits per heavy atom. The lowest BCUT2D eigenvalue weighted by Gasteiger charge is -2.19. The van der Waals surface area contributed by atoms with Gasteiger partial charge in [-0.05, 0) is 35.4 Å². The Hall–Kier alpha value is -3.48. The molecule has 144 valence electrons. The SMILES string of the molecule is CC(=O)Nc1ccc(CC(=O)NC(c2ccc(F)cc2)c2nccn2C)cc1. The molecular weight excluding hydrogens is 359 g/mol. The zero-order chi connectivity index (χ0) is 20.1. The van der Waals surface area contributed by atoms with Crippen molar-refractivity contribution in [1.29, 1.82) is 0 Å². The summed E-state index contributed by atoms with van der Waals surface area (Å²) in [5.74, 6) is -0.0267. The van der Waals surface area contributed by atoms with E-state index < -0.39 is 6.04 Å². The van der Waals surface area contributed by atoms with E-state index >= 15 is 0 Å². The second kappa shape index (κ2) is 8.47. The van der Waals surface area contributed by atoms with E-state index in [-0.39, 0.29) is 24.1 Å². The Bertz CT molecular complexity index is 965. The summed E-state index contributed by atoms with van der Waals surface area (Å²) in [6, 6.07) is 12.6. The molecule has 0 saturated heterocycles. The van der Waals surface area contributed by atoms with Gasteiger partial charge in [0.05, 0.1) is 6.42 Å². The lowest BCUT2D eigenvalue weighted by atomic mass is 10.0. The number of aromatic nitrogens is 2. The molecule has 0 aliphatic rings. The minimum Gasteiger partial charge on any atom is -0.342 e. The van der Waals surface area contributed by atoms with Gasteiger partial charge < -0.3 is 15.2 Å². The standard InChI is InChI=1S/C21H21FN4O2/c1-14(27)24-18-9-3-15(4-10-18)13-19(28)25-20(21-23-11-12-26(21)2)16-5-7-17(22)8-6-16/h3-12,20H,13H2,1-2H3,(H,24,27)(H,25,28). The lowest BCUT2D eigenvalue weighted by molar-refractivity contribution is -0.121. The number of halogens is 1. The van der Waals surface area contributed by atoms with E-state index in [1.807, 2.05) is 11.6 Å². The highest BCUT2D eigenvalue weighted by molar-refractivity contribution is 5.88. The van der Waals surface area contributed by atoms with Crippen LogP contribution >= 0.6 is 0 Å². The van der Waals surface area contributed by atoms with Crippen molar-refractivity contribution in [2.24, 2.45) is 7.05 Å². The highest BCUT2D eigenvalue weighted by Gasteiger charge is 2.21. The predicted octanol–water partition coefficient (Wildman–Crippen LogP) is 2.97. The van der Waals surface area contributed by atoms with Crippen LogP contribution in [0.1, 0.15) is 29.9 Å². The first-order chi connectivity index (χ1) is 13.4. The molecule has 1 unspecified atom stereocenters. The molecule has 6 nitrogen and oxygen atoms in total. The largest absolute Gasteiger partial charge is 0.342 e. The first kappa shape index (κ1) is 19.3. The topological polar surface area (TPSA) is 76.0 Å². The third-order valence-corrected chi connectivity index (χ3v) is 4.26. The highest BCUT2D eigenvalue weighted by Crippen LogP contribution is 2.21. The van der Waals surface area contributed by atoms with Gasteiger partial charge in [-0.15, -0.1) is 0 Å². The Kier molecular flexibility index (Phi) is 5.84. The number of rotatable bonds is 6. The monoisotopic (exact) mass is 380 g/mol. The molecule has 2 N–H and O–H groups in total. The normalized spacial score (nSPS) is 11.7. The molecule has 0 aliphatic carbocycles. The van der Waals surface area contributed by atoms with E-state index in [4.69, 9.17) is 0 Å². The minimum absolute atomic E-state index is 0.150. The molecule has 1 aromatic heterocycles. The summed E-state index contributed by atoms with van der Waals surface area (Å²) in [6.07, 6.45) is 3.61. The molecule has 0 saturated carbocycles. The zero-order valence-electron chi connectivity index (χ0n) is 15.6. The van der Waals surface area contributed by atoms with Crippen LogP contribution in [0.25, 0.3) is 0 Å². The van der Waals surface area contributed by atoms with Crippen molar-refractivity contribution in [3.63, 3.8) is 0 Å². The molecule has 2 amide bonds. The van der Waals surface area contributed by atoms with Crippen LogP contribution in [0, 0.1) is 5.82 Å². The Morgan fingerprint density at radius 2 is 1.79 bits per heavy atom. The zero-order valence-corrected chi connectivity index (χ0v) is 15.6. The van der Waals surface area contributed by atoms with Crippen molar-refractivity contribution >= 4 is 17.5 Å². The number of nitrogens with one attached hydrogen (secondary N) is 2. The van der Waals surface area contributed by atoms with Gasteiger partial charge in [0.1, 0.15) is 17.7 Å². The molecule has 0 aliphatic heterocycles. The van der Waals surface area contributed by atoms with Crippen LogP contribution in [0.2, 0.25) is 0 Å². The van der Waals surface area contributed by atoms with Gasteiger partial charge in [0.25, 0.3) is 0 Å². The molecule has 2 aromatic carbocycles. The highest BCUT2D eigenvalue weighted by atomic mass is 19.1. The first-order valence-corrected chi connectivity index (χ1v) is 8.81. The number of nitrogens with zero attached hydrogens (tertiary/aromatic N) is 2. The number of imidazole rings is 1. The summed E-state index contributed by atoms with van der Waals surface area (Å²) < 4.78 is 15.1. The molecule has 0 radical (unpaired) electrons. The van der Waals surface area contributed by atoms with Crippen LogP contribution in [0.4, 0.5) is 10.1 Å². The fraction of sp³-hybridized carbons (Fsp3) is 0.190. The smallest absolute Gasteiger partial charge is 0.225 e. The number of carbonyl (C=O) groups is 2. The van der Waals surface area contributed by atoms with Crippen LogP contribution < -0.4 is 10.6 Å². The van der Waals surface area contributed by atoms with Crippen LogP contribution in [-0.4, -0.2) is 21.4 Å². The summed E-state index contributed by atoms with van der Waals surface area (Å²) in [5.41, 5.74) is 2.23. The van der Waals surface area contributed by atoms with Gasteiger partial charge >= 0.3 is 0 Å². The van der Waals surface area contributed by atoms with Crippen LogP contribution in [0.5, 0.6) is 0 Å². The molecule has 1 atom stereocenters. The number of hydrogen-bond acceptors (Lipinski definition) is 3. The molecule has 3 aromatic rings. The van der Waals surface area contributed by atoms with Gasteiger partial charge in [0.15, 0.2) is 0 Å². The lowest BCUT2D eigenvalue weighted by Crippen LogP contribution is -2.32. The Labute approximate surface area is 162 Å². The minimum atomic E-state index is -0.494. The molecule has 28 heavy (non-hydrogen) atoms. The van der Waals surface area contributed by atoms with E-state index in [9.17, 15) is 14.0 Å². The maximum Gasteiger partial charge on any atom is 0.225 e. The molecule has 0 fully saturated rings. The summed E-state index contributed by atoms with van der Waals surface area (Å²) >= 11 is 0. The third kappa shape index (κ3) is 4.82. The van der Waals surface area contributed by atoms with Gasteiger partial charge in [0, 0.05) is 32.1 Å². The van der Waals surface area contributed by atoms with E-state index in [0.29, 0.717) is 11.5 Å². The number of aryl methyl sites for hydroxylation is 1. The second-order valence-corrected chi connectivity index (χ2v) is 6.50. The number of benzene rings is 2. The summed E-state index contributed by atoms with van der Waals surface area (Å²) in [7, 11) is 1.84. The van der Waals surface area contributed by atoms with Gasteiger partial charge in [0.2, 0.25) is 11.8 Å². The fourth-order valence-electron chi connectivity index (χ4n) is 2.91. The fourth-order valence-corrected chi connectivity index (χ4v) is 2.91. The molecule has 0 spiro atoms. The number of anilines is 1. The van der Waals surface area contributed by atoms with Gasteiger partial charge in [-0.25, -0.2) is 9.37 Å². The maximum absolute atomic E-state index is 13.3. The average molecular weight is 380 g/mol. The average Bonchev–Trinajstić information content (AvgIpc) is 3.07. The van der Waals surface area contributed by atoms with Crippen molar-refractivity contribution < 1.29 is 14.0 Å². The first-order valence-electron chi connectivity index (χ1n) is 8.81. The maximum atomic E-state index is 13.3. The molecular formula is C21H21FN4O2. The molecule has 1 heterocycles. The van der Waals surface area contributed by atoms with Gasteiger partial charge in [-0.2, -0.15) is 0 Å². The van der Waals surface area contributed by atoms with E-state index in [0.717, 1.165) is 11.1 Å². The van der Waals surface area contributed by atoms with Crippen molar-refractivity contribution in [3.05, 3.63) is 83.7 Å². The van der Waals surface area contributed by atoms with Crippen molar-refractivity contribution in [1.82, 2.24) is 14.9 Å². The van der Waals surface area contributed by atoms with Crippen LogP contribution in [-0.2, 0) is 23.1 Å². The number of amides is 2. The van der Waals surface area contributed by atoms with Gasteiger partial charge in [-0.1, -0.05) is 24.3 Å². The Morgan fingerprint density at radius 3 is 2.36 bits per heavy atom. The number of hydrogen-bond donors (Lipinski definition) is 2. The molecule has 3 rings (SSSR count). The van der Waals surface area contributed by atoms with Crippen molar-refractivity contribution in [2.45, 2.75) is 19.4 Å². The van der Waals surface area contributed by atoms with E-state index in [2.05, 4.69) is 15.6 Å². The van der Waals surface area contributed by atoms with Crippen LogP contribution in [0.15, 0.2) is 60.9 Å². The van der Waals surface area contributed by atoms with E-state index in [1.54, 1.807) is 48.8 Å². The molecule has 7 heteroatoms. The second-order valence-electron chi connectivity index (χ2n) is 6.50. The molecule has 0 bridgehead atoms. The van der Waals surface area contributed by atoms with Gasteiger partial charge in [-0.3, -0.25) is 9.59 Å². The van der Waals surface area contributed by atoms with Crippen molar-refractivity contribution in [3.8, 4) is 0 Å². The number of carbonyl (C=O) groups excluding carboxylic acids is 2. The predicted molar refractivity (Wildman–Crippen MR) is 104 cm³/mol. The third-order valence-electron chi connectivity index (χ3n) is 4.26. The van der Waals surface area contributed by atoms with Crippen LogP contribution in [0.3, 0.4) is 0 Å². The Balaban J connectivity index is 1.75.